The van der Waals surface area contributed by atoms with E-state index in [2.05, 4.69) is 94.7 Å². The molecule has 0 spiro atoms. The molecule has 15 nitrogen and oxygen atoms in total. The number of aromatic nitrogens is 4. The number of rotatable bonds is 21. The minimum Gasteiger partial charge on any atom is -0.497 e. The molecular weight excluding hydrogens is 934 g/mol. The second-order valence-electron chi connectivity index (χ2n) is 19.6. The van der Waals surface area contributed by atoms with E-state index in [0.717, 1.165) is 16.7 Å². The van der Waals surface area contributed by atoms with Gasteiger partial charge < -0.3 is 37.7 Å². The molecule has 0 saturated carbocycles. The fourth-order valence-corrected chi connectivity index (χ4v) is 11.7. The van der Waals surface area contributed by atoms with Gasteiger partial charge in [0.05, 0.1) is 39.9 Å². The van der Waals surface area contributed by atoms with Crippen molar-refractivity contribution >= 4 is 39.7 Å². The minimum atomic E-state index is -2.68. The molecule has 2 aromatic heterocycles. The molecule has 1 fully saturated rings. The van der Waals surface area contributed by atoms with Gasteiger partial charge in [0.15, 0.2) is 31.5 Å². The minimum absolute atomic E-state index is 0.00471. The predicted octanol–water partition coefficient (Wildman–Crippen LogP) is 11.4. The lowest BCUT2D eigenvalue weighted by Crippen LogP contribution is -2.50. The summed E-state index contributed by atoms with van der Waals surface area (Å²) in [5, 5.41) is 12.4. The van der Waals surface area contributed by atoms with Gasteiger partial charge in [-0.25, -0.2) is 19.6 Å². The van der Waals surface area contributed by atoms with Gasteiger partial charge in [-0.1, -0.05) is 93.6 Å². The molecule has 17 heteroatoms. The summed E-state index contributed by atoms with van der Waals surface area (Å²) >= 11 is 0. The lowest BCUT2D eigenvalue weighted by molar-refractivity contribution is -0.0930. The van der Waals surface area contributed by atoms with Gasteiger partial charge in [0, 0.05) is 17.6 Å². The van der Waals surface area contributed by atoms with Gasteiger partial charge in [0.25, 0.3) is 14.4 Å². The SMILES string of the molecule is COc1ccc(C(OC[C@H]2O[C@@H](n3c(C)nc4c(NC(=O)c5ccccc5)ncnc43)[C@H](O[Si](C)(C)C(C)(C)C)[C@@H]2OP(OCCC#N)N(C(C)C)C(C)C)(c2ccccc2)c2ccc(OC)cc2)cc1. The monoisotopic (exact) mass is 1000 g/mol. The van der Waals surface area contributed by atoms with Gasteiger partial charge in [-0.15, -0.1) is 0 Å². The van der Waals surface area contributed by atoms with Gasteiger partial charge in [0.1, 0.15) is 47.6 Å². The Morgan fingerprint density at radius 1 is 0.845 bits per heavy atom. The van der Waals surface area contributed by atoms with Crippen LogP contribution in [0.2, 0.25) is 18.1 Å². The number of anilines is 1. The van der Waals surface area contributed by atoms with Gasteiger partial charge in [-0.2, -0.15) is 5.26 Å². The van der Waals surface area contributed by atoms with Crippen molar-refractivity contribution < 1.29 is 37.2 Å². The van der Waals surface area contributed by atoms with Crippen LogP contribution in [0.5, 0.6) is 11.5 Å². The normalized spacial score (nSPS) is 18.0. The number of hydrogen-bond donors (Lipinski definition) is 1. The number of nitrogens with one attached hydrogen (secondary N) is 1. The maximum atomic E-state index is 13.5. The number of imidazole rings is 1. The topological polar surface area (TPSA) is 164 Å². The molecule has 376 valence electrons. The number of benzene rings is 4. The Kier molecular flexibility index (Phi) is 17.1. The number of fused-ring (bicyclic) bond motifs is 1. The molecule has 1 aliphatic heterocycles. The Bertz CT molecular complexity index is 2680. The van der Waals surface area contributed by atoms with Gasteiger partial charge in [-0.05, 0) is 106 Å². The van der Waals surface area contributed by atoms with Crippen molar-refractivity contribution in [1.29, 1.82) is 5.26 Å². The number of amides is 1. The zero-order chi connectivity index (χ0) is 51.1. The second-order valence-corrected chi connectivity index (χ2v) is 25.7. The van der Waals surface area contributed by atoms with Crippen molar-refractivity contribution in [3.63, 3.8) is 0 Å². The van der Waals surface area contributed by atoms with Crippen LogP contribution in [0, 0.1) is 18.3 Å². The van der Waals surface area contributed by atoms with Gasteiger partial charge >= 0.3 is 0 Å². The van der Waals surface area contributed by atoms with Crippen LogP contribution >= 0.6 is 8.53 Å². The zero-order valence-corrected chi connectivity index (χ0v) is 44.8. The summed E-state index contributed by atoms with van der Waals surface area (Å²) < 4.78 is 52.1. The van der Waals surface area contributed by atoms with E-state index in [1.54, 1.807) is 26.4 Å². The Labute approximate surface area is 420 Å². The molecule has 71 heavy (non-hydrogen) atoms. The fourth-order valence-electron chi connectivity index (χ4n) is 8.68. The van der Waals surface area contributed by atoms with E-state index in [1.165, 1.54) is 6.33 Å². The molecule has 0 bridgehead atoms. The van der Waals surface area contributed by atoms with E-state index in [9.17, 15) is 10.1 Å². The molecule has 0 aliphatic carbocycles. The highest BCUT2D eigenvalue weighted by Crippen LogP contribution is 2.53. The van der Waals surface area contributed by atoms with Crippen molar-refractivity contribution in [2.75, 3.05) is 32.8 Å². The van der Waals surface area contributed by atoms with Crippen LogP contribution in [-0.2, 0) is 28.5 Å². The summed E-state index contributed by atoms with van der Waals surface area (Å²) in [6, 6.07) is 37.1. The van der Waals surface area contributed by atoms with Crippen LogP contribution in [0.25, 0.3) is 11.2 Å². The van der Waals surface area contributed by atoms with E-state index in [-0.39, 0.29) is 48.5 Å². The average Bonchev–Trinajstić information content (AvgIpc) is 3.86. The predicted molar refractivity (Wildman–Crippen MR) is 279 cm³/mol. The largest absolute Gasteiger partial charge is 0.497 e. The van der Waals surface area contributed by atoms with Crippen molar-refractivity contribution in [3.05, 3.63) is 144 Å². The number of aryl methyl sites for hydroxylation is 1. The molecule has 6 aromatic rings. The first-order valence-corrected chi connectivity index (χ1v) is 28.1. The van der Waals surface area contributed by atoms with E-state index in [4.69, 9.17) is 42.4 Å². The second kappa shape index (κ2) is 22.9. The van der Waals surface area contributed by atoms with Crippen LogP contribution in [0.4, 0.5) is 5.82 Å². The molecule has 1 N–H and O–H groups in total. The van der Waals surface area contributed by atoms with Crippen LogP contribution in [0.15, 0.2) is 116 Å². The molecule has 3 heterocycles. The number of carbonyl (C=O) groups is 1. The Balaban J connectivity index is 1.43. The molecular formula is C54H68N7O8PSi. The van der Waals surface area contributed by atoms with E-state index < -0.39 is 47.0 Å². The van der Waals surface area contributed by atoms with Crippen molar-refractivity contribution in [3.8, 4) is 17.6 Å². The van der Waals surface area contributed by atoms with Crippen LogP contribution in [0.1, 0.15) is 94.0 Å². The summed E-state index contributed by atoms with van der Waals surface area (Å²) in [7, 11) is -1.22. The third-order valence-corrected chi connectivity index (χ3v) is 19.8. The first kappa shape index (κ1) is 53.2. The zero-order valence-electron chi connectivity index (χ0n) is 43.0. The first-order chi connectivity index (χ1) is 33.9. The number of ether oxygens (including phenoxy) is 4. The molecule has 0 radical (unpaired) electrons. The summed E-state index contributed by atoms with van der Waals surface area (Å²) in [4.78, 5) is 27.8. The molecule has 1 aliphatic rings. The smallest absolute Gasteiger partial charge is 0.259 e. The third kappa shape index (κ3) is 11.5. The Morgan fingerprint density at radius 2 is 1.41 bits per heavy atom. The van der Waals surface area contributed by atoms with Crippen molar-refractivity contribution in [2.45, 2.75) is 122 Å². The molecule has 7 rings (SSSR count). The number of hydrogen-bond acceptors (Lipinski definition) is 13. The molecule has 1 amide bonds. The number of methoxy groups -OCH3 is 2. The molecule has 1 unspecified atom stereocenters. The maximum Gasteiger partial charge on any atom is 0.259 e. The summed E-state index contributed by atoms with van der Waals surface area (Å²) in [6.07, 6.45) is -1.70. The lowest BCUT2D eigenvalue weighted by atomic mass is 9.80. The van der Waals surface area contributed by atoms with E-state index >= 15 is 0 Å². The number of nitrogens with zero attached hydrogens (tertiary/aromatic N) is 6. The highest BCUT2D eigenvalue weighted by Gasteiger charge is 2.55. The number of carbonyl (C=O) groups excluding carboxylic acids is 1. The van der Waals surface area contributed by atoms with Crippen molar-refractivity contribution in [2.24, 2.45) is 0 Å². The third-order valence-electron chi connectivity index (χ3n) is 13.2. The summed E-state index contributed by atoms with van der Waals surface area (Å²) in [5.41, 5.74) is 2.67. The molecule has 1 saturated heterocycles. The van der Waals surface area contributed by atoms with Gasteiger partial charge in [-0.3, -0.25) is 9.36 Å². The lowest BCUT2D eigenvalue weighted by Gasteiger charge is -2.42. The van der Waals surface area contributed by atoms with E-state index in [0.29, 0.717) is 34.1 Å². The van der Waals surface area contributed by atoms with Crippen LogP contribution in [-0.4, -0.2) is 96.2 Å². The fraction of sp³-hybridized carbons (Fsp3) is 0.426. The van der Waals surface area contributed by atoms with Crippen molar-refractivity contribution in [1.82, 2.24) is 24.2 Å². The van der Waals surface area contributed by atoms with Crippen LogP contribution < -0.4 is 14.8 Å². The van der Waals surface area contributed by atoms with E-state index in [1.807, 2.05) is 96.4 Å². The Morgan fingerprint density at radius 3 is 1.94 bits per heavy atom. The maximum absolute atomic E-state index is 13.5. The summed E-state index contributed by atoms with van der Waals surface area (Å²) in [6.45, 7) is 21.5. The average molecular weight is 1000 g/mol. The molecule has 4 aromatic carbocycles. The summed E-state index contributed by atoms with van der Waals surface area (Å²) in [5.74, 6) is 1.87. The van der Waals surface area contributed by atoms with Gasteiger partial charge in [0.2, 0.25) is 0 Å². The standard InChI is InChI=1S/C54H68N7O8PSi/c1-36(2)61(37(3)4)70(66-33-19-32-55)68-47-45(34-65-54(40-22-17-14-18-23-40,41-24-28-43(63-9)29-25-41)42-26-30-44(64-10)31-27-42)67-52(48(47)69-71(11,12)53(6,7)8)60-38(5)58-46-49(56-35-57-50(46)60)59-51(62)39-20-15-13-16-21-39/h13-18,20-31,35-37,45,47-48,52H,19,33-34H2,1-12H3,(H,56,57,59,62)/t45-,47-,48-,52-,70?/m1/s1. The quantitative estimate of drug-likeness (QED) is 0.0314. The first-order valence-electron chi connectivity index (χ1n) is 24.1. The Hall–Kier alpha value is -5.60. The van der Waals surface area contributed by atoms with Crippen LogP contribution in [0.3, 0.4) is 0 Å². The highest BCUT2D eigenvalue weighted by atomic mass is 31.2. The number of nitriles is 1. The highest BCUT2D eigenvalue weighted by molar-refractivity contribution is 7.44. The molecule has 5 atom stereocenters.